The van der Waals surface area contributed by atoms with Crippen LogP contribution in [0.25, 0.3) is 0 Å². The summed E-state index contributed by atoms with van der Waals surface area (Å²) in [7, 11) is 3.73. The molecule has 0 fully saturated rings. The first-order valence-corrected chi connectivity index (χ1v) is 4.74. The molecule has 0 aromatic carbocycles. The van der Waals surface area contributed by atoms with Gasteiger partial charge in [0, 0.05) is 6.04 Å². The van der Waals surface area contributed by atoms with Gasteiger partial charge in [-0.15, -0.1) is 0 Å². The van der Waals surface area contributed by atoms with Gasteiger partial charge in [0.05, 0.1) is 6.42 Å². The molecule has 3 N–H and O–H groups in total. The van der Waals surface area contributed by atoms with E-state index in [1.807, 2.05) is 14.1 Å². The van der Waals surface area contributed by atoms with Crippen molar-refractivity contribution in [1.29, 1.82) is 0 Å². The van der Waals surface area contributed by atoms with Crippen LogP contribution >= 0.6 is 0 Å². The molecule has 0 aromatic heterocycles. The molecule has 0 aliphatic rings. The molecule has 78 valence electrons. The molecule has 4 heteroatoms. The van der Waals surface area contributed by atoms with Crippen LogP contribution in [0.4, 0.5) is 0 Å². The lowest BCUT2D eigenvalue weighted by Gasteiger charge is -2.12. The summed E-state index contributed by atoms with van der Waals surface area (Å²) in [5, 5.41) is 14.6. The van der Waals surface area contributed by atoms with E-state index >= 15 is 0 Å². The smallest absolute Gasteiger partial charge is 0.304 e. The fourth-order valence-corrected chi connectivity index (χ4v) is 1.25. The zero-order chi connectivity index (χ0) is 10.1. The van der Waals surface area contributed by atoms with Crippen molar-refractivity contribution in [3.05, 3.63) is 0 Å². The Morgan fingerprint density at radius 3 is 2.54 bits per heavy atom. The van der Waals surface area contributed by atoms with Crippen molar-refractivity contribution in [3.8, 4) is 0 Å². The summed E-state index contributed by atoms with van der Waals surface area (Å²) >= 11 is 0. The number of nitrogens with one attached hydrogen (secondary N) is 2. The van der Waals surface area contributed by atoms with Gasteiger partial charge >= 0.3 is 5.97 Å². The molecular formula is C9H20N2O2. The average molecular weight is 188 g/mol. The topological polar surface area (TPSA) is 61.4 Å². The fraction of sp³-hybridized carbons (Fsp3) is 0.889. The summed E-state index contributed by atoms with van der Waals surface area (Å²) < 4.78 is 0. The molecule has 0 aliphatic heterocycles. The molecule has 0 radical (unpaired) electrons. The van der Waals surface area contributed by atoms with Crippen LogP contribution in [0.15, 0.2) is 0 Å². The third-order valence-electron chi connectivity index (χ3n) is 2.06. The highest BCUT2D eigenvalue weighted by atomic mass is 16.4. The Hall–Kier alpha value is -0.610. The summed E-state index contributed by atoms with van der Waals surface area (Å²) in [6, 6.07) is 0.120. The number of carboxylic acid groups (broad SMARTS) is 1. The van der Waals surface area contributed by atoms with Gasteiger partial charge in [-0.2, -0.15) is 0 Å². The number of rotatable bonds is 8. The van der Waals surface area contributed by atoms with Crippen LogP contribution in [0.3, 0.4) is 0 Å². The molecule has 0 amide bonds. The first-order valence-electron chi connectivity index (χ1n) is 4.74. The minimum atomic E-state index is -0.729. The second-order valence-electron chi connectivity index (χ2n) is 3.18. The molecule has 0 aromatic rings. The first-order chi connectivity index (χ1) is 6.20. The number of hydrogen-bond acceptors (Lipinski definition) is 3. The molecule has 1 atom stereocenters. The number of carboxylic acids is 1. The van der Waals surface area contributed by atoms with Crippen molar-refractivity contribution in [2.75, 3.05) is 20.6 Å². The maximum atomic E-state index is 10.4. The maximum Gasteiger partial charge on any atom is 0.304 e. The maximum absolute atomic E-state index is 10.4. The highest BCUT2D eigenvalue weighted by Crippen LogP contribution is 2.03. The Bertz CT molecular complexity index is 140. The lowest BCUT2D eigenvalue weighted by molar-refractivity contribution is -0.137. The number of carbonyl (C=O) groups is 1. The second kappa shape index (κ2) is 8.01. The number of unbranched alkanes of at least 4 members (excludes halogenated alkanes) is 1. The standard InChI is InChI=1S/C9H20N2O2/c1-10-6-4-3-5-8(11-2)7-9(12)13/h8,10-11H,3-7H2,1-2H3,(H,12,13). The molecule has 0 rings (SSSR count). The van der Waals surface area contributed by atoms with E-state index in [1.54, 1.807) is 0 Å². The van der Waals surface area contributed by atoms with Crippen molar-refractivity contribution >= 4 is 5.97 Å². The normalized spacial score (nSPS) is 12.8. The van der Waals surface area contributed by atoms with Gasteiger partial charge in [0.2, 0.25) is 0 Å². The Balaban J connectivity index is 3.42. The average Bonchev–Trinajstić information content (AvgIpc) is 2.09. The van der Waals surface area contributed by atoms with Gasteiger partial charge < -0.3 is 15.7 Å². The van der Waals surface area contributed by atoms with Crippen molar-refractivity contribution in [1.82, 2.24) is 10.6 Å². The number of aliphatic carboxylic acids is 1. The molecule has 0 saturated carbocycles. The van der Waals surface area contributed by atoms with Crippen molar-refractivity contribution in [3.63, 3.8) is 0 Å². The highest BCUT2D eigenvalue weighted by molar-refractivity contribution is 5.67. The van der Waals surface area contributed by atoms with Crippen LogP contribution in [0.2, 0.25) is 0 Å². The van der Waals surface area contributed by atoms with E-state index in [4.69, 9.17) is 5.11 Å². The van der Waals surface area contributed by atoms with Crippen LogP contribution < -0.4 is 10.6 Å². The zero-order valence-electron chi connectivity index (χ0n) is 8.47. The summed E-state index contributed by atoms with van der Waals surface area (Å²) in [6.07, 6.45) is 3.33. The monoisotopic (exact) mass is 188 g/mol. The van der Waals surface area contributed by atoms with E-state index in [0.29, 0.717) is 0 Å². The van der Waals surface area contributed by atoms with Gasteiger partial charge in [-0.25, -0.2) is 0 Å². The Kier molecular flexibility index (Phi) is 7.63. The molecule has 1 unspecified atom stereocenters. The third kappa shape index (κ3) is 7.74. The molecule has 0 heterocycles. The van der Waals surface area contributed by atoms with Gasteiger partial charge in [0.1, 0.15) is 0 Å². The largest absolute Gasteiger partial charge is 0.481 e. The van der Waals surface area contributed by atoms with Crippen molar-refractivity contribution in [2.45, 2.75) is 31.7 Å². The number of hydrogen-bond donors (Lipinski definition) is 3. The van der Waals surface area contributed by atoms with E-state index in [-0.39, 0.29) is 12.5 Å². The van der Waals surface area contributed by atoms with Crippen LogP contribution in [-0.2, 0) is 4.79 Å². The molecule has 0 spiro atoms. The summed E-state index contributed by atoms with van der Waals surface area (Å²) in [4.78, 5) is 10.4. The summed E-state index contributed by atoms with van der Waals surface area (Å²) in [6.45, 7) is 1.00. The van der Waals surface area contributed by atoms with E-state index in [2.05, 4.69) is 10.6 Å². The van der Waals surface area contributed by atoms with Gasteiger partial charge in [0.25, 0.3) is 0 Å². The second-order valence-corrected chi connectivity index (χ2v) is 3.18. The van der Waals surface area contributed by atoms with Crippen LogP contribution in [0, 0.1) is 0 Å². The summed E-state index contributed by atoms with van der Waals surface area (Å²) in [5.41, 5.74) is 0. The highest BCUT2D eigenvalue weighted by Gasteiger charge is 2.09. The van der Waals surface area contributed by atoms with Crippen LogP contribution in [0.1, 0.15) is 25.7 Å². The van der Waals surface area contributed by atoms with Gasteiger partial charge in [-0.05, 0) is 33.5 Å². The molecule has 4 nitrogen and oxygen atoms in total. The Morgan fingerprint density at radius 1 is 1.38 bits per heavy atom. The van der Waals surface area contributed by atoms with Gasteiger partial charge in [0.15, 0.2) is 0 Å². The minimum Gasteiger partial charge on any atom is -0.481 e. The predicted octanol–water partition coefficient (Wildman–Crippen LogP) is 0.439. The van der Waals surface area contributed by atoms with Crippen LogP contribution in [-0.4, -0.2) is 37.8 Å². The van der Waals surface area contributed by atoms with Gasteiger partial charge in [-0.3, -0.25) is 4.79 Å². The Labute approximate surface area is 79.7 Å². The summed E-state index contributed by atoms with van der Waals surface area (Å²) in [5.74, 6) is -0.729. The zero-order valence-corrected chi connectivity index (χ0v) is 8.47. The van der Waals surface area contributed by atoms with Crippen molar-refractivity contribution in [2.24, 2.45) is 0 Å². The predicted molar refractivity (Wildman–Crippen MR) is 52.9 cm³/mol. The van der Waals surface area contributed by atoms with E-state index in [9.17, 15) is 4.79 Å². The third-order valence-corrected chi connectivity index (χ3v) is 2.06. The van der Waals surface area contributed by atoms with E-state index in [1.165, 1.54) is 0 Å². The fourth-order valence-electron chi connectivity index (χ4n) is 1.25. The lowest BCUT2D eigenvalue weighted by Crippen LogP contribution is -2.28. The minimum absolute atomic E-state index is 0.120. The van der Waals surface area contributed by atoms with Crippen molar-refractivity contribution < 1.29 is 9.90 Å². The van der Waals surface area contributed by atoms with E-state index in [0.717, 1.165) is 25.8 Å². The Morgan fingerprint density at radius 2 is 2.08 bits per heavy atom. The molecule has 0 saturated heterocycles. The quantitative estimate of drug-likeness (QED) is 0.484. The molecule has 13 heavy (non-hydrogen) atoms. The van der Waals surface area contributed by atoms with E-state index < -0.39 is 5.97 Å². The SMILES string of the molecule is CNCCCCC(CC(=O)O)NC. The molecule has 0 bridgehead atoms. The first kappa shape index (κ1) is 12.4. The van der Waals surface area contributed by atoms with Crippen LogP contribution in [0.5, 0.6) is 0 Å². The van der Waals surface area contributed by atoms with Gasteiger partial charge in [-0.1, -0.05) is 6.42 Å². The molecule has 0 aliphatic carbocycles. The molecular weight excluding hydrogens is 168 g/mol. The lowest BCUT2D eigenvalue weighted by atomic mass is 10.1.